The molecule has 0 aliphatic heterocycles. The van der Waals surface area contributed by atoms with Crippen molar-refractivity contribution in [2.24, 2.45) is 0 Å². The van der Waals surface area contributed by atoms with Crippen molar-refractivity contribution in [3.63, 3.8) is 0 Å². The Morgan fingerprint density at radius 3 is 2.56 bits per heavy atom. The molecule has 1 atom stereocenters. The molecule has 1 N–H and O–H groups in total. The first-order valence-electron chi connectivity index (χ1n) is 5.32. The number of aliphatic hydroxyl groups excluding tert-OH is 1. The first kappa shape index (κ1) is 11.5. The van der Waals surface area contributed by atoms with Crippen molar-refractivity contribution >= 4 is 0 Å². The minimum absolute atomic E-state index is 0.350. The number of halogens is 3. The van der Waals surface area contributed by atoms with E-state index in [1.54, 1.807) is 12.1 Å². The number of aryl methyl sites for hydroxylation is 2. The zero-order valence-electron chi connectivity index (χ0n) is 8.72. The smallest absolute Gasteiger partial charge is 0.383 e. The Balaban J connectivity index is 2.11. The number of benzene rings is 1. The molecule has 0 saturated heterocycles. The van der Waals surface area contributed by atoms with Gasteiger partial charge in [0.25, 0.3) is 0 Å². The van der Waals surface area contributed by atoms with E-state index in [2.05, 4.69) is 0 Å². The zero-order chi connectivity index (χ0) is 11.8. The third kappa shape index (κ3) is 2.38. The number of hydrogen-bond acceptors (Lipinski definition) is 1. The van der Waals surface area contributed by atoms with Crippen LogP contribution in [-0.4, -0.2) is 17.4 Å². The molecule has 0 aromatic heterocycles. The SMILES string of the molecule is O[C@H](Cc1ccc2c(c1)CCC2)C(F)(F)F. The van der Waals surface area contributed by atoms with Crippen LogP contribution < -0.4 is 0 Å². The van der Waals surface area contributed by atoms with Gasteiger partial charge in [0, 0.05) is 6.42 Å². The van der Waals surface area contributed by atoms with E-state index in [9.17, 15) is 13.2 Å². The van der Waals surface area contributed by atoms with Crippen molar-refractivity contribution in [3.05, 3.63) is 34.9 Å². The Labute approximate surface area is 91.9 Å². The molecule has 4 heteroatoms. The lowest BCUT2D eigenvalue weighted by Gasteiger charge is -2.14. The molecule has 1 aromatic rings. The molecule has 0 fully saturated rings. The average molecular weight is 230 g/mol. The fourth-order valence-corrected chi connectivity index (χ4v) is 2.09. The van der Waals surface area contributed by atoms with Crippen LogP contribution in [0.15, 0.2) is 18.2 Å². The maximum Gasteiger partial charge on any atom is 0.414 e. The summed E-state index contributed by atoms with van der Waals surface area (Å²) >= 11 is 0. The molecule has 0 bridgehead atoms. The van der Waals surface area contributed by atoms with E-state index in [-0.39, 0.29) is 6.42 Å². The Kier molecular flexibility index (Phi) is 2.93. The molecule has 1 aliphatic carbocycles. The number of hydrogen-bond donors (Lipinski definition) is 1. The van der Waals surface area contributed by atoms with Gasteiger partial charge in [0.05, 0.1) is 0 Å². The van der Waals surface area contributed by atoms with Crippen LogP contribution >= 0.6 is 0 Å². The van der Waals surface area contributed by atoms with Gasteiger partial charge in [-0.05, 0) is 36.0 Å². The Morgan fingerprint density at radius 1 is 1.19 bits per heavy atom. The van der Waals surface area contributed by atoms with Gasteiger partial charge < -0.3 is 5.11 Å². The summed E-state index contributed by atoms with van der Waals surface area (Å²) in [7, 11) is 0. The van der Waals surface area contributed by atoms with Crippen molar-refractivity contribution < 1.29 is 18.3 Å². The average Bonchev–Trinajstić information content (AvgIpc) is 2.63. The summed E-state index contributed by atoms with van der Waals surface area (Å²) in [5.41, 5.74) is 2.92. The van der Waals surface area contributed by atoms with E-state index in [1.807, 2.05) is 6.07 Å². The van der Waals surface area contributed by atoms with Gasteiger partial charge in [-0.2, -0.15) is 13.2 Å². The number of fused-ring (bicyclic) bond motifs is 1. The van der Waals surface area contributed by atoms with Crippen molar-refractivity contribution in [3.8, 4) is 0 Å². The first-order chi connectivity index (χ1) is 7.47. The molecule has 0 amide bonds. The predicted molar refractivity (Wildman–Crippen MR) is 54.2 cm³/mol. The topological polar surface area (TPSA) is 20.2 Å². The predicted octanol–water partition coefficient (Wildman–Crippen LogP) is 2.64. The Hall–Kier alpha value is -1.03. The molecule has 88 valence electrons. The molecule has 0 unspecified atom stereocenters. The molecule has 0 heterocycles. The highest BCUT2D eigenvalue weighted by Crippen LogP contribution is 2.26. The normalized spacial score (nSPS) is 17.2. The lowest BCUT2D eigenvalue weighted by atomic mass is 10.0. The van der Waals surface area contributed by atoms with Gasteiger partial charge in [0.1, 0.15) is 0 Å². The van der Waals surface area contributed by atoms with Gasteiger partial charge in [-0.25, -0.2) is 0 Å². The van der Waals surface area contributed by atoms with E-state index in [0.29, 0.717) is 5.56 Å². The van der Waals surface area contributed by atoms with E-state index in [1.165, 1.54) is 5.56 Å². The lowest BCUT2D eigenvalue weighted by molar-refractivity contribution is -0.203. The summed E-state index contributed by atoms with van der Waals surface area (Å²) < 4.78 is 36.5. The molecule has 0 spiro atoms. The molecule has 1 aliphatic rings. The third-order valence-corrected chi connectivity index (χ3v) is 2.97. The van der Waals surface area contributed by atoms with Gasteiger partial charge in [0.2, 0.25) is 0 Å². The molecule has 2 rings (SSSR count). The monoisotopic (exact) mass is 230 g/mol. The maximum absolute atomic E-state index is 12.2. The van der Waals surface area contributed by atoms with Gasteiger partial charge in [-0.3, -0.25) is 0 Å². The van der Waals surface area contributed by atoms with Gasteiger partial charge in [-0.15, -0.1) is 0 Å². The molecule has 1 aromatic carbocycles. The molecule has 1 nitrogen and oxygen atoms in total. The van der Waals surface area contributed by atoms with Crippen LogP contribution in [0.3, 0.4) is 0 Å². The quantitative estimate of drug-likeness (QED) is 0.828. The molecular formula is C12H13F3O. The molecule has 0 radical (unpaired) electrons. The fourth-order valence-electron chi connectivity index (χ4n) is 2.09. The molecular weight excluding hydrogens is 217 g/mol. The van der Waals surface area contributed by atoms with E-state index >= 15 is 0 Å². The minimum Gasteiger partial charge on any atom is -0.383 e. The van der Waals surface area contributed by atoms with Crippen molar-refractivity contribution in [1.29, 1.82) is 0 Å². The van der Waals surface area contributed by atoms with Gasteiger partial charge in [0.15, 0.2) is 6.10 Å². The molecule has 0 saturated carbocycles. The largest absolute Gasteiger partial charge is 0.414 e. The zero-order valence-corrected chi connectivity index (χ0v) is 8.72. The second-order valence-electron chi connectivity index (χ2n) is 4.22. The van der Waals surface area contributed by atoms with Crippen LogP contribution in [0.1, 0.15) is 23.1 Å². The first-order valence-corrected chi connectivity index (χ1v) is 5.32. The summed E-state index contributed by atoms with van der Waals surface area (Å²) in [5, 5.41) is 8.96. The summed E-state index contributed by atoms with van der Waals surface area (Å²) in [6, 6.07) is 5.34. The van der Waals surface area contributed by atoms with Crippen LogP contribution in [0.2, 0.25) is 0 Å². The fraction of sp³-hybridized carbons (Fsp3) is 0.500. The summed E-state index contributed by atoms with van der Waals surface area (Å²) in [4.78, 5) is 0. The summed E-state index contributed by atoms with van der Waals surface area (Å²) in [6.07, 6.45) is -4.12. The van der Waals surface area contributed by atoms with Crippen LogP contribution in [0.5, 0.6) is 0 Å². The number of alkyl halides is 3. The van der Waals surface area contributed by atoms with Crippen LogP contribution in [0, 0.1) is 0 Å². The van der Waals surface area contributed by atoms with Crippen molar-refractivity contribution in [2.75, 3.05) is 0 Å². The van der Waals surface area contributed by atoms with Crippen molar-refractivity contribution in [1.82, 2.24) is 0 Å². The highest BCUT2D eigenvalue weighted by Gasteiger charge is 2.38. The second kappa shape index (κ2) is 4.09. The Morgan fingerprint density at radius 2 is 1.88 bits per heavy atom. The van der Waals surface area contributed by atoms with Crippen LogP contribution in [-0.2, 0) is 19.3 Å². The number of aliphatic hydroxyl groups is 1. The lowest BCUT2D eigenvalue weighted by Crippen LogP contribution is -2.30. The van der Waals surface area contributed by atoms with Gasteiger partial charge in [-0.1, -0.05) is 18.2 Å². The maximum atomic E-state index is 12.2. The Bertz CT molecular complexity index is 384. The van der Waals surface area contributed by atoms with Crippen molar-refractivity contribution in [2.45, 2.75) is 38.0 Å². The second-order valence-corrected chi connectivity index (χ2v) is 4.22. The minimum atomic E-state index is -4.53. The third-order valence-electron chi connectivity index (χ3n) is 2.97. The van der Waals surface area contributed by atoms with E-state index < -0.39 is 12.3 Å². The summed E-state index contributed by atoms with van der Waals surface area (Å²) in [5.74, 6) is 0. The number of rotatable bonds is 2. The molecule has 16 heavy (non-hydrogen) atoms. The van der Waals surface area contributed by atoms with E-state index in [0.717, 1.165) is 24.8 Å². The van der Waals surface area contributed by atoms with Crippen LogP contribution in [0.4, 0.5) is 13.2 Å². The van der Waals surface area contributed by atoms with Gasteiger partial charge >= 0.3 is 6.18 Å². The highest BCUT2D eigenvalue weighted by molar-refractivity contribution is 5.35. The van der Waals surface area contributed by atoms with E-state index in [4.69, 9.17) is 5.11 Å². The standard InChI is InChI=1S/C12H13F3O/c13-12(14,15)11(16)7-8-4-5-9-2-1-3-10(9)6-8/h4-6,11,16H,1-3,7H2/t11-/m1/s1. The highest BCUT2D eigenvalue weighted by atomic mass is 19.4. The summed E-state index contributed by atoms with van der Waals surface area (Å²) in [6.45, 7) is 0. The van der Waals surface area contributed by atoms with Crippen LogP contribution in [0.25, 0.3) is 0 Å².